The lowest BCUT2D eigenvalue weighted by Crippen LogP contribution is -2.04. The Morgan fingerprint density at radius 1 is 1.19 bits per heavy atom. The first-order valence-electron chi connectivity index (χ1n) is 6.37. The van der Waals surface area contributed by atoms with Crippen LogP contribution in [0.3, 0.4) is 0 Å². The summed E-state index contributed by atoms with van der Waals surface area (Å²) in [6.45, 7) is 1.45. The molecule has 0 fully saturated rings. The Morgan fingerprint density at radius 3 is 2.67 bits per heavy atom. The van der Waals surface area contributed by atoms with Gasteiger partial charge >= 0.3 is 0 Å². The lowest BCUT2D eigenvalue weighted by atomic mass is 10.2. The predicted octanol–water partition coefficient (Wildman–Crippen LogP) is 4.11. The van der Waals surface area contributed by atoms with Crippen molar-refractivity contribution in [2.24, 2.45) is 10.2 Å². The molecule has 0 aromatic heterocycles. The Balaban J connectivity index is 2.00. The molecule has 5 nitrogen and oxygen atoms in total. The van der Waals surface area contributed by atoms with Crippen molar-refractivity contribution in [3.05, 3.63) is 60.3 Å². The van der Waals surface area contributed by atoms with Crippen molar-refractivity contribution in [3.63, 3.8) is 0 Å². The van der Waals surface area contributed by atoms with Crippen molar-refractivity contribution in [3.8, 4) is 5.75 Å². The topological polar surface area (TPSA) is 74.0 Å². The number of benzene rings is 2. The molecule has 0 saturated carbocycles. The molecular weight excluding hydrogens is 266 g/mol. The van der Waals surface area contributed by atoms with Crippen LogP contribution in [-0.4, -0.2) is 11.0 Å². The Bertz CT molecular complexity index is 676. The maximum Gasteiger partial charge on any atom is 0.221 e. The van der Waals surface area contributed by atoms with Gasteiger partial charge in [0.2, 0.25) is 5.91 Å². The van der Waals surface area contributed by atoms with Crippen molar-refractivity contribution in [2.45, 2.75) is 6.92 Å². The van der Waals surface area contributed by atoms with Crippen LogP contribution in [0.5, 0.6) is 5.75 Å². The fourth-order valence-corrected chi connectivity index (χ4v) is 1.65. The number of anilines is 1. The summed E-state index contributed by atoms with van der Waals surface area (Å²) in [4.78, 5) is 11.0. The molecule has 2 rings (SSSR count). The van der Waals surface area contributed by atoms with E-state index < -0.39 is 0 Å². The third kappa shape index (κ3) is 4.91. The van der Waals surface area contributed by atoms with Gasteiger partial charge < -0.3 is 10.4 Å². The van der Waals surface area contributed by atoms with E-state index >= 15 is 0 Å². The number of aromatic hydroxyl groups is 1. The number of phenols is 1. The molecular formula is C16H15N3O2. The largest absolute Gasteiger partial charge is 0.508 e. The number of hydrogen-bond donors (Lipinski definition) is 2. The molecule has 2 N–H and O–H groups in total. The minimum Gasteiger partial charge on any atom is -0.508 e. The molecule has 0 radical (unpaired) electrons. The summed E-state index contributed by atoms with van der Waals surface area (Å²) in [7, 11) is 0. The Morgan fingerprint density at radius 2 is 1.95 bits per heavy atom. The number of nitrogens with zero attached hydrogens (tertiary/aromatic N) is 2. The van der Waals surface area contributed by atoms with Crippen molar-refractivity contribution in [1.82, 2.24) is 0 Å². The molecule has 0 atom stereocenters. The van der Waals surface area contributed by atoms with Gasteiger partial charge in [-0.2, -0.15) is 10.2 Å². The second-order valence-electron chi connectivity index (χ2n) is 4.35. The first kappa shape index (κ1) is 14.5. The molecule has 1 amide bonds. The van der Waals surface area contributed by atoms with Gasteiger partial charge in [-0.3, -0.25) is 4.79 Å². The molecule has 5 heteroatoms. The third-order valence-electron chi connectivity index (χ3n) is 2.57. The summed E-state index contributed by atoms with van der Waals surface area (Å²) in [6, 6.07) is 13.9. The lowest BCUT2D eigenvalue weighted by molar-refractivity contribution is -0.114. The molecule has 0 aliphatic heterocycles. The summed E-state index contributed by atoms with van der Waals surface area (Å²) >= 11 is 0. The van der Waals surface area contributed by atoms with Crippen molar-refractivity contribution in [1.29, 1.82) is 0 Å². The van der Waals surface area contributed by atoms with Gasteiger partial charge in [0.1, 0.15) is 5.75 Å². The van der Waals surface area contributed by atoms with Crippen LogP contribution in [0, 0.1) is 0 Å². The minimum absolute atomic E-state index is 0.128. The van der Waals surface area contributed by atoms with Gasteiger partial charge in [0.15, 0.2) is 0 Å². The van der Waals surface area contributed by atoms with Gasteiger partial charge in [-0.05, 0) is 42.0 Å². The number of phenolic OH excluding ortho intramolecular Hbond substituents is 1. The summed E-state index contributed by atoms with van der Waals surface area (Å²) in [5, 5.41) is 19.8. The van der Waals surface area contributed by atoms with Gasteiger partial charge in [0, 0.05) is 12.6 Å². The summed E-state index contributed by atoms with van der Waals surface area (Å²) in [6.07, 6.45) is 3.35. The van der Waals surface area contributed by atoms with E-state index in [1.807, 2.05) is 0 Å². The zero-order valence-corrected chi connectivity index (χ0v) is 11.5. The monoisotopic (exact) mass is 281 g/mol. The van der Waals surface area contributed by atoms with Gasteiger partial charge in [0.25, 0.3) is 0 Å². The normalized spacial score (nSPS) is 11.1. The number of amides is 1. The molecule has 0 heterocycles. The highest BCUT2D eigenvalue weighted by Gasteiger charge is 1.96. The number of carbonyl (C=O) groups excluding carboxylic acids is 1. The van der Waals surface area contributed by atoms with Crippen LogP contribution in [0.2, 0.25) is 0 Å². The zero-order valence-electron chi connectivity index (χ0n) is 11.5. The van der Waals surface area contributed by atoms with E-state index in [0.717, 1.165) is 5.56 Å². The highest BCUT2D eigenvalue weighted by molar-refractivity contribution is 5.89. The van der Waals surface area contributed by atoms with Crippen molar-refractivity contribution < 1.29 is 9.90 Å². The highest BCUT2D eigenvalue weighted by atomic mass is 16.3. The van der Waals surface area contributed by atoms with E-state index in [-0.39, 0.29) is 11.7 Å². The Labute approximate surface area is 122 Å². The van der Waals surface area contributed by atoms with Crippen LogP contribution >= 0.6 is 0 Å². The van der Waals surface area contributed by atoms with Crippen LogP contribution in [0.15, 0.2) is 65.0 Å². The highest BCUT2D eigenvalue weighted by Crippen LogP contribution is 2.18. The van der Waals surface area contributed by atoms with Crippen LogP contribution < -0.4 is 5.32 Å². The smallest absolute Gasteiger partial charge is 0.221 e. The van der Waals surface area contributed by atoms with Gasteiger partial charge in [-0.25, -0.2) is 0 Å². The van der Waals surface area contributed by atoms with E-state index in [4.69, 9.17) is 5.11 Å². The third-order valence-corrected chi connectivity index (χ3v) is 2.57. The molecule has 0 aliphatic carbocycles. The molecule has 0 saturated heterocycles. The predicted molar refractivity (Wildman–Crippen MR) is 82.4 cm³/mol. The molecule has 0 spiro atoms. The second-order valence-corrected chi connectivity index (χ2v) is 4.35. The fraction of sp³-hybridized carbons (Fsp3) is 0.0625. The molecule has 2 aromatic rings. The number of carbonyl (C=O) groups is 1. The van der Waals surface area contributed by atoms with Crippen LogP contribution in [0.25, 0.3) is 6.08 Å². The average molecular weight is 281 g/mol. The molecule has 21 heavy (non-hydrogen) atoms. The molecule has 106 valence electrons. The maximum absolute atomic E-state index is 11.0. The number of azo groups is 1. The number of hydrogen-bond acceptors (Lipinski definition) is 4. The maximum atomic E-state index is 11.0. The van der Waals surface area contributed by atoms with Crippen molar-refractivity contribution in [2.75, 3.05) is 5.32 Å². The first-order chi connectivity index (χ1) is 10.1. The van der Waals surface area contributed by atoms with Gasteiger partial charge in [0.05, 0.1) is 11.9 Å². The van der Waals surface area contributed by atoms with Gasteiger partial charge in [-0.1, -0.05) is 18.2 Å². The van der Waals surface area contributed by atoms with E-state index in [1.165, 1.54) is 6.92 Å². The lowest BCUT2D eigenvalue weighted by Gasteiger charge is -2.01. The van der Waals surface area contributed by atoms with Crippen LogP contribution in [0.1, 0.15) is 12.5 Å². The summed E-state index contributed by atoms with van der Waals surface area (Å²) in [5.74, 6) is 0.0971. The standard InChI is InChI=1S/C16H15N3O2/c1-12(20)18-14-3-2-4-15(11-14)19-17-10-9-13-5-7-16(21)8-6-13/h2-11,21H,1H3,(H,18,20). The first-order valence-corrected chi connectivity index (χ1v) is 6.37. The van der Waals surface area contributed by atoms with E-state index in [0.29, 0.717) is 11.4 Å². The van der Waals surface area contributed by atoms with Crippen molar-refractivity contribution >= 4 is 23.4 Å². The average Bonchev–Trinajstić information content (AvgIpc) is 2.45. The molecule has 2 aromatic carbocycles. The Kier molecular flexibility index (Phi) is 4.82. The second kappa shape index (κ2) is 7.00. The summed E-state index contributed by atoms with van der Waals surface area (Å²) in [5.41, 5.74) is 2.25. The van der Waals surface area contributed by atoms with E-state index in [1.54, 1.807) is 60.8 Å². The fourth-order valence-electron chi connectivity index (χ4n) is 1.65. The Hall–Kier alpha value is -2.95. The van der Waals surface area contributed by atoms with E-state index in [2.05, 4.69) is 15.5 Å². The number of nitrogens with one attached hydrogen (secondary N) is 1. The molecule has 0 aliphatic rings. The summed E-state index contributed by atoms with van der Waals surface area (Å²) < 4.78 is 0. The number of rotatable bonds is 4. The van der Waals surface area contributed by atoms with E-state index in [9.17, 15) is 4.79 Å². The molecule has 0 bridgehead atoms. The van der Waals surface area contributed by atoms with Gasteiger partial charge in [-0.15, -0.1) is 0 Å². The minimum atomic E-state index is -0.128. The zero-order chi connectivity index (χ0) is 15.1. The van der Waals surface area contributed by atoms with Crippen LogP contribution in [0.4, 0.5) is 11.4 Å². The quantitative estimate of drug-likeness (QED) is 0.828. The molecule has 0 unspecified atom stereocenters. The van der Waals surface area contributed by atoms with Crippen LogP contribution in [-0.2, 0) is 4.79 Å². The SMILES string of the molecule is CC(=O)Nc1cccc(N=NC=Cc2ccc(O)cc2)c1.